The second kappa shape index (κ2) is 7.26. The Morgan fingerprint density at radius 2 is 1.78 bits per heavy atom. The molecule has 4 fully saturated rings. The largest absolute Gasteiger partial charge is 0.375 e. The number of nitrogens with one attached hydrogen (secondary N) is 1. The first-order valence-electron chi connectivity index (χ1n) is 10.4. The molecule has 2 bridgehead atoms. The fourth-order valence-electron chi connectivity index (χ4n) is 5.50. The van der Waals surface area contributed by atoms with E-state index in [4.69, 9.17) is 16.3 Å². The quantitative estimate of drug-likeness (QED) is 0.859. The van der Waals surface area contributed by atoms with E-state index in [9.17, 15) is 4.79 Å². The van der Waals surface area contributed by atoms with Gasteiger partial charge in [-0.05, 0) is 69.3 Å². The molecule has 5 nitrogen and oxygen atoms in total. The molecule has 0 radical (unpaired) electrons. The van der Waals surface area contributed by atoms with Crippen LogP contribution in [0, 0.1) is 0 Å². The first kappa shape index (κ1) is 17.8. The van der Waals surface area contributed by atoms with E-state index in [1.807, 2.05) is 18.2 Å². The van der Waals surface area contributed by atoms with Gasteiger partial charge in [0.2, 0.25) is 0 Å². The maximum Gasteiger partial charge on any atom is 0.321 e. The fourth-order valence-corrected chi connectivity index (χ4v) is 5.70. The van der Waals surface area contributed by atoms with Crippen molar-refractivity contribution in [2.75, 3.05) is 19.6 Å². The number of hydrogen-bond donors (Lipinski definition) is 1. The smallest absolute Gasteiger partial charge is 0.321 e. The second-order valence-corrected chi connectivity index (χ2v) is 8.91. The van der Waals surface area contributed by atoms with E-state index in [-0.39, 0.29) is 12.1 Å². The Bertz CT molecular complexity index is 696. The van der Waals surface area contributed by atoms with Gasteiger partial charge in [-0.3, -0.25) is 0 Å². The molecule has 5 rings (SSSR count). The van der Waals surface area contributed by atoms with Crippen molar-refractivity contribution in [1.82, 2.24) is 15.1 Å². The summed E-state index contributed by atoms with van der Waals surface area (Å²) in [4.78, 5) is 17.9. The van der Waals surface area contributed by atoms with Crippen molar-refractivity contribution in [2.24, 2.45) is 0 Å². The minimum absolute atomic E-state index is 0.0970. The molecule has 146 valence electrons. The van der Waals surface area contributed by atoms with Gasteiger partial charge in [-0.2, -0.15) is 0 Å². The molecule has 4 aliphatic heterocycles. The van der Waals surface area contributed by atoms with Gasteiger partial charge in [-0.25, -0.2) is 4.79 Å². The normalized spacial score (nSPS) is 34.5. The average Bonchev–Trinajstić information content (AvgIpc) is 3.21. The number of carbonyl (C=O) groups is 1. The topological polar surface area (TPSA) is 44.8 Å². The van der Waals surface area contributed by atoms with Gasteiger partial charge in [-0.15, -0.1) is 0 Å². The average molecular weight is 390 g/mol. The predicted octanol–water partition coefficient (Wildman–Crippen LogP) is 3.58. The van der Waals surface area contributed by atoms with Gasteiger partial charge in [0.05, 0.1) is 18.2 Å². The third-order valence-electron chi connectivity index (χ3n) is 6.81. The molecule has 4 heterocycles. The number of halogens is 1. The highest BCUT2D eigenvalue weighted by Gasteiger charge is 2.47. The first-order chi connectivity index (χ1) is 13.2. The third kappa shape index (κ3) is 3.34. The molecule has 2 amide bonds. The number of hydrogen-bond acceptors (Lipinski definition) is 3. The van der Waals surface area contributed by atoms with Crippen LogP contribution in [-0.4, -0.2) is 59.8 Å². The molecule has 0 aromatic heterocycles. The van der Waals surface area contributed by atoms with Gasteiger partial charge in [0, 0.05) is 23.7 Å². The maximum absolute atomic E-state index is 13.6. The van der Waals surface area contributed by atoms with Crippen LogP contribution in [0.3, 0.4) is 0 Å². The molecule has 0 aliphatic carbocycles. The monoisotopic (exact) mass is 389 g/mol. The Balaban J connectivity index is 1.43. The highest BCUT2D eigenvalue weighted by molar-refractivity contribution is 6.30. The van der Waals surface area contributed by atoms with E-state index in [2.05, 4.69) is 21.2 Å². The third-order valence-corrected chi connectivity index (χ3v) is 7.05. The number of ether oxygens (including phenoxy) is 1. The lowest BCUT2D eigenvalue weighted by molar-refractivity contribution is -0.0258. The maximum atomic E-state index is 13.6. The van der Waals surface area contributed by atoms with Crippen molar-refractivity contribution in [3.63, 3.8) is 0 Å². The highest BCUT2D eigenvalue weighted by Crippen LogP contribution is 2.40. The molecule has 0 saturated carbocycles. The molecule has 0 spiro atoms. The Kier molecular flexibility index (Phi) is 4.78. The van der Waals surface area contributed by atoms with E-state index in [0.29, 0.717) is 24.3 Å². The summed E-state index contributed by atoms with van der Waals surface area (Å²) in [7, 11) is 0. The Morgan fingerprint density at radius 3 is 2.48 bits per heavy atom. The van der Waals surface area contributed by atoms with E-state index in [0.717, 1.165) is 68.7 Å². The molecule has 1 aromatic rings. The van der Waals surface area contributed by atoms with E-state index in [1.165, 1.54) is 0 Å². The molecule has 6 heteroatoms. The highest BCUT2D eigenvalue weighted by atomic mass is 35.5. The zero-order valence-electron chi connectivity index (χ0n) is 15.6. The van der Waals surface area contributed by atoms with Gasteiger partial charge >= 0.3 is 6.03 Å². The molecular formula is C21H28ClN3O2. The van der Waals surface area contributed by atoms with Crippen LogP contribution in [0.15, 0.2) is 24.3 Å². The van der Waals surface area contributed by atoms with Gasteiger partial charge in [0.25, 0.3) is 0 Å². The number of urea groups is 1. The molecule has 1 N–H and O–H groups in total. The first-order valence-corrected chi connectivity index (χ1v) is 10.8. The lowest BCUT2D eigenvalue weighted by Gasteiger charge is -2.37. The number of nitrogens with zero attached hydrogens (tertiary/aromatic N) is 2. The van der Waals surface area contributed by atoms with Gasteiger partial charge in [-0.1, -0.05) is 23.7 Å². The van der Waals surface area contributed by atoms with E-state index >= 15 is 0 Å². The standard InChI is InChI=1S/C21H28ClN3O2/c22-15-3-1-2-14(10-15)20-13-24(17-11-18-4-5-19(12-17)27-18)21(26)25(20)16-6-8-23-9-7-16/h1-3,10,16-20,23H,4-9,11-13H2. The van der Waals surface area contributed by atoms with Crippen LogP contribution in [0.2, 0.25) is 5.02 Å². The lowest BCUT2D eigenvalue weighted by atomic mass is 9.99. The predicted molar refractivity (Wildman–Crippen MR) is 105 cm³/mol. The van der Waals surface area contributed by atoms with Crippen molar-refractivity contribution >= 4 is 17.6 Å². The zero-order chi connectivity index (χ0) is 18.4. The molecule has 3 unspecified atom stereocenters. The molecule has 3 atom stereocenters. The summed E-state index contributed by atoms with van der Waals surface area (Å²) in [5.41, 5.74) is 1.16. The van der Waals surface area contributed by atoms with Crippen molar-refractivity contribution in [3.05, 3.63) is 34.9 Å². The number of fused-ring (bicyclic) bond motifs is 2. The van der Waals surface area contributed by atoms with Crippen molar-refractivity contribution in [2.45, 2.75) is 68.9 Å². The van der Waals surface area contributed by atoms with E-state index < -0.39 is 0 Å². The SMILES string of the molecule is O=C1N(C2CC3CCC(C2)O3)CC(c2cccc(Cl)c2)N1C1CCNCC1. The molecule has 4 saturated heterocycles. The van der Waals surface area contributed by atoms with Crippen LogP contribution < -0.4 is 5.32 Å². The minimum Gasteiger partial charge on any atom is -0.375 e. The summed E-state index contributed by atoms with van der Waals surface area (Å²) in [6, 6.07) is 9.00. The molecular weight excluding hydrogens is 362 g/mol. The molecule has 27 heavy (non-hydrogen) atoms. The van der Waals surface area contributed by atoms with Crippen LogP contribution in [0.25, 0.3) is 0 Å². The summed E-state index contributed by atoms with van der Waals surface area (Å²) in [5, 5.41) is 4.17. The number of benzene rings is 1. The second-order valence-electron chi connectivity index (χ2n) is 8.48. The fraction of sp³-hybridized carbons (Fsp3) is 0.667. The van der Waals surface area contributed by atoms with Crippen molar-refractivity contribution < 1.29 is 9.53 Å². The number of piperidine rings is 1. The molecule has 4 aliphatic rings. The van der Waals surface area contributed by atoms with Crippen LogP contribution in [0.4, 0.5) is 4.79 Å². The Labute approximate surface area is 166 Å². The summed E-state index contributed by atoms with van der Waals surface area (Å²) >= 11 is 6.28. The molecule has 1 aromatic carbocycles. The van der Waals surface area contributed by atoms with E-state index in [1.54, 1.807) is 0 Å². The Hall–Kier alpha value is -1.30. The lowest BCUT2D eigenvalue weighted by Crippen LogP contribution is -2.48. The number of rotatable bonds is 3. The van der Waals surface area contributed by atoms with Crippen molar-refractivity contribution in [1.29, 1.82) is 0 Å². The van der Waals surface area contributed by atoms with Crippen LogP contribution in [0.1, 0.15) is 50.1 Å². The summed E-state index contributed by atoms with van der Waals surface area (Å²) in [5.74, 6) is 0. The number of carbonyl (C=O) groups excluding carboxylic acids is 1. The van der Waals surface area contributed by atoms with Gasteiger partial charge in [0.1, 0.15) is 0 Å². The Morgan fingerprint density at radius 1 is 1.04 bits per heavy atom. The zero-order valence-corrected chi connectivity index (χ0v) is 16.4. The van der Waals surface area contributed by atoms with Crippen LogP contribution >= 0.6 is 11.6 Å². The summed E-state index contributed by atoms with van der Waals surface area (Å²) in [6.45, 7) is 2.74. The van der Waals surface area contributed by atoms with Gasteiger partial charge < -0.3 is 19.9 Å². The van der Waals surface area contributed by atoms with Crippen LogP contribution in [-0.2, 0) is 4.74 Å². The summed E-state index contributed by atoms with van der Waals surface area (Å²) < 4.78 is 6.02. The van der Waals surface area contributed by atoms with Gasteiger partial charge in [0.15, 0.2) is 0 Å². The van der Waals surface area contributed by atoms with Crippen LogP contribution in [0.5, 0.6) is 0 Å². The van der Waals surface area contributed by atoms with Crippen molar-refractivity contribution in [3.8, 4) is 0 Å². The minimum atomic E-state index is 0.0970. The summed E-state index contributed by atoms with van der Waals surface area (Å²) in [6.07, 6.45) is 7.02. The number of amides is 2.